The summed E-state index contributed by atoms with van der Waals surface area (Å²) >= 11 is 0. The number of rotatable bonds is 4. The molecule has 0 unspecified atom stereocenters. The number of nitrogens with zero attached hydrogens (tertiary/aromatic N) is 3. The molecule has 4 rings (SSSR count). The highest BCUT2D eigenvalue weighted by molar-refractivity contribution is 5.92. The van der Waals surface area contributed by atoms with Crippen LogP contribution in [0.2, 0.25) is 0 Å². The summed E-state index contributed by atoms with van der Waals surface area (Å²) in [5.74, 6) is 0.177. The van der Waals surface area contributed by atoms with Gasteiger partial charge in [0.05, 0.1) is 0 Å². The maximum absolute atomic E-state index is 13.2. The smallest absolute Gasteiger partial charge is 0.274 e. The zero-order chi connectivity index (χ0) is 19.7. The molecule has 28 heavy (non-hydrogen) atoms. The van der Waals surface area contributed by atoms with E-state index in [-0.39, 0.29) is 17.1 Å². The van der Waals surface area contributed by atoms with Crippen LogP contribution in [0.1, 0.15) is 60.8 Å². The quantitative estimate of drug-likeness (QED) is 0.872. The summed E-state index contributed by atoms with van der Waals surface area (Å²) in [7, 11) is 0. The monoisotopic (exact) mass is 384 g/mol. The number of benzene rings is 1. The van der Waals surface area contributed by atoms with E-state index in [1.54, 1.807) is 0 Å². The topological polar surface area (TPSA) is 52.2 Å². The van der Waals surface area contributed by atoms with Crippen molar-refractivity contribution in [2.45, 2.75) is 45.6 Å². The van der Waals surface area contributed by atoms with Crippen molar-refractivity contribution in [2.75, 3.05) is 26.2 Å². The van der Waals surface area contributed by atoms with Crippen LogP contribution in [0.3, 0.4) is 0 Å². The van der Waals surface area contributed by atoms with Gasteiger partial charge in [-0.2, -0.15) is 5.10 Å². The number of piperidine rings is 1. The molecule has 1 aromatic carbocycles. The van der Waals surface area contributed by atoms with E-state index < -0.39 is 0 Å². The van der Waals surface area contributed by atoms with Gasteiger partial charge in [-0.25, -0.2) is 4.39 Å². The molecule has 1 N–H and O–H groups in total. The van der Waals surface area contributed by atoms with Gasteiger partial charge in [-0.1, -0.05) is 26.0 Å². The van der Waals surface area contributed by atoms with Crippen molar-refractivity contribution >= 4 is 5.91 Å². The second kappa shape index (κ2) is 7.66. The SMILES string of the molecule is CC(C)c1cc(C(=O)N2CC[C@@]3(CCCN(Cc4ccc(F)cc4)C3)C2)n[nH]1. The van der Waals surface area contributed by atoms with Crippen molar-refractivity contribution < 1.29 is 9.18 Å². The number of likely N-dealkylation sites (tertiary alicyclic amines) is 2. The Bertz CT molecular complexity index is 831. The van der Waals surface area contributed by atoms with Gasteiger partial charge in [0.25, 0.3) is 5.91 Å². The second-order valence-corrected chi connectivity index (χ2v) is 8.78. The number of aromatic nitrogens is 2. The molecule has 1 aromatic heterocycles. The lowest BCUT2D eigenvalue weighted by Gasteiger charge is -2.40. The van der Waals surface area contributed by atoms with Crippen molar-refractivity contribution in [3.05, 3.63) is 53.1 Å². The molecule has 0 aliphatic carbocycles. The Labute approximate surface area is 165 Å². The minimum atomic E-state index is -0.192. The number of hydrogen-bond acceptors (Lipinski definition) is 3. The minimum absolute atomic E-state index is 0.0377. The number of H-pyrrole nitrogens is 1. The third-order valence-corrected chi connectivity index (χ3v) is 6.22. The van der Waals surface area contributed by atoms with Crippen LogP contribution in [0, 0.1) is 11.2 Å². The number of amides is 1. The van der Waals surface area contributed by atoms with Gasteiger partial charge in [-0.05, 0) is 55.5 Å². The third kappa shape index (κ3) is 3.97. The summed E-state index contributed by atoms with van der Waals surface area (Å²) in [6, 6.07) is 8.68. The number of hydrogen-bond donors (Lipinski definition) is 1. The van der Waals surface area contributed by atoms with Gasteiger partial charge in [0.1, 0.15) is 11.5 Å². The summed E-state index contributed by atoms with van der Waals surface area (Å²) < 4.78 is 13.2. The van der Waals surface area contributed by atoms with Crippen LogP contribution in [0.5, 0.6) is 0 Å². The van der Waals surface area contributed by atoms with Crippen molar-refractivity contribution in [2.24, 2.45) is 5.41 Å². The van der Waals surface area contributed by atoms with Gasteiger partial charge in [0.2, 0.25) is 0 Å². The average Bonchev–Trinajstić information content (AvgIpc) is 3.31. The van der Waals surface area contributed by atoms with Gasteiger partial charge in [0.15, 0.2) is 0 Å². The van der Waals surface area contributed by atoms with Gasteiger partial charge >= 0.3 is 0 Å². The summed E-state index contributed by atoms with van der Waals surface area (Å²) in [4.78, 5) is 17.3. The van der Waals surface area contributed by atoms with Crippen LogP contribution in [0.15, 0.2) is 30.3 Å². The van der Waals surface area contributed by atoms with Crippen molar-refractivity contribution in [1.82, 2.24) is 20.0 Å². The molecule has 5 nitrogen and oxygen atoms in total. The number of aromatic amines is 1. The first kappa shape index (κ1) is 19.1. The molecule has 1 atom stereocenters. The molecule has 2 saturated heterocycles. The zero-order valence-electron chi connectivity index (χ0n) is 16.7. The van der Waals surface area contributed by atoms with Gasteiger partial charge in [0, 0.05) is 37.3 Å². The fraction of sp³-hybridized carbons (Fsp3) is 0.545. The molecular weight excluding hydrogens is 355 g/mol. The Morgan fingerprint density at radius 2 is 2.00 bits per heavy atom. The molecule has 2 aliphatic rings. The van der Waals surface area contributed by atoms with Crippen LogP contribution in [-0.2, 0) is 6.54 Å². The highest BCUT2D eigenvalue weighted by Crippen LogP contribution is 2.39. The van der Waals surface area contributed by atoms with E-state index in [1.807, 2.05) is 23.1 Å². The first-order valence-corrected chi connectivity index (χ1v) is 10.3. The Morgan fingerprint density at radius 3 is 2.71 bits per heavy atom. The lowest BCUT2D eigenvalue weighted by molar-refractivity contribution is 0.0671. The van der Waals surface area contributed by atoms with E-state index in [1.165, 1.54) is 12.1 Å². The predicted molar refractivity (Wildman–Crippen MR) is 107 cm³/mol. The largest absolute Gasteiger partial charge is 0.337 e. The van der Waals surface area contributed by atoms with E-state index in [4.69, 9.17) is 0 Å². The molecule has 1 amide bonds. The lowest BCUT2D eigenvalue weighted by atomic mass is 9.79. The Morgan fingerprint density at radius 1 is 1.21 bits per heavy atom. The summed E-state index contributed by atoms with van der Waals surface area (Å²) in [5, 5.41) is 7.22. The molecule has 0 saturated carbocycles. The molecule has 0 bridgehead atoms. The molecule has 0 radical (unpaired) electrons. The minimum Gasteiger partial charge on any atom is -0.337 e. The molecule has 2 aliphatic heterocycles. The van der Waals surface area contributed by atoms with Crippen molar-refractivity contribution in [3.8, 4) is 0 Å². The Hall–Kier alpha value is -2.21. The van der Waals surface area contributed by atoms with Gasteiger partial charge in [-0.3, -0.25) is 14.8 Å². The van der Waals surface area contributed by atoms with E-state index in [0.29, 0.717) is 11.6 Å². The second-order valence-electron chi connectivity index (χ2n) is 8.78. The van der Waals surface area contributed by atoms with E-state index in [0.717, 1.165) is 63.2 Å². The predicted octanol–water partition coefficient (Wildman–Crippen LogP) is 3.80. The van der Waals surface area contributed by atoms with Gasteiger partial charge in [-0.15, -0.1) is 0 Å². The Balaban J connectivity index is 1.40. The fourth-order valence-electron chi connectivity index (χ4n) is 4.64. The molecule has 2 fully saturated rings. The summed E-state index contributed by atoms with van der Waals surface area (Å²) in [5.41, 5.74) is 2.84. The normalized spacial score (nSPS) is 23.1. The molecule has 3 heterocycles. The van der Waals surface area contributed by atoms with Crippen LogP contribution < -0.4 is 0 Å². The van der Waals surface area contributed by atoms with E-state index in [9.17, 15) is 9.18 Å². The number of carbonyl (C=O) groups excluding carboxylic acids is 1. The lowest BCUT2D eigenvalue weighted by Crippen LogP contribution is -2.45. The molecular formula is C22H29FN4O. The van der Waals surface area contributed by atoms with E-state index >= 15 is 0 Å². The first-order valence-electron chi connectivity index (χ1n) is 10.3. The highest BCUT2D eigenvalue weighted by Gasteiger charge is 2.43. The standard InChI is InChI=1S/C22H29FN4O/c1-16(2)19-12-20(25-24-19)21(28)27-11-9-22(15-27)8-3-10-26(14-22)13-17-4-6-18(23)7-5-17/h4-7,12,16H,3,8-11,13-15H2,1-2H3,(H,24,25)/t22-/m1/s1. The maximum Gasteiger partial charge on any atom is 0.274 e. The zero-order valence-corrected chi connectivity index (χ0v) is 16.7. The number of nitrogens with one attached hydrogen (secondary N) is 1. The van der Waals surface area contributed by atoms with Crippen molar-refractivity contribution in [1.29, 1.82) is 0 Å². The average molecular weight is 384 g/mol. The van der Waals surface area contributed by atoms with Gasteiger partial charge < -0.3 is 4.90 Å². The summed E-state index contributed by atoms with van der Waals surface area (Å²) in [6.45, 7) is 8.67. The highest BCUT2D eigenvalue weighted by atomic mass is 19.1. The molecule has 2 aromatic rings. The van der Waals surface area contributed by atoms with E-state index in [2.05, 4.69) is 28.9 Å². The molecule has 6 heteroatoms. The Kier molecular flexibility index (Phi) is 5.23. The van der Waals surface area contributed by atoms with Crippen molar-refractivity contribution in [3.63, 3.8) is 0 Å². The van der Waals surface area contributed by atoms with Crippen LogP contribution >= 0.6 is 0 Å². The molecule has 150 valence electrons. The maximum atomic E-state index is 13.2. The number of halogens is 1. The number of carbonyl (C=O) groups is 1. The first-order chi connectivity index (χ1) is 13.4. The van der Waals surface area contributed by atoms with Crippen LogP contribution in [0.25, 0.3) is 0 Å². The fourth-order valence-corrected chi connectivity index (χ4v) is 4.64. The summed E-state index contributed by atoms with van der Waals surface area (Å²) in [6.07, 6.45) is 3.34. The molecule has 1 spiro atoms. The third-order valence-electron chi connectivity index (χ3n) is 6.22. The van der Waals surface area contributed by atoms with Crippen LogP contribution in [0.4, 0.5) is 4.39 Å². The van der Waals surface area contributed by atoms with Crippen LogP contribution in [-0.4, -0.2) is 52.1 Å².